The number of carbonyl (C=O) groups is 1. The molecule has 1 amide bonds. The largest absolute Gasteiger partial charge is 0.454 e. The Hall–Kier alpha value is -2.08. The third kappa shape index (κ3) is 2.39. The van der Waals surface area contributed by atoms with Crippen molar-refractivity contribution >= 4 is 27.5 Å². The Morgan fingerprint density at radius 3 is 2.95 bits per heavy atom. The van der Waals surface area contributed by atoms with Crippen molar-refractivity contribution < 1.29 is 14.3 Å². The van der Waals surface area contributed by atoms with Crippen LogP contribution in [0, 0.1) is 0 Å². The van der Waals surface area contributed by atoms with Gasteiger partial charge in [-0.2, -0.15) is 0 Å². The second kappa shape index (κ2) is 4.89. The van der Waals surface area contributed by atoms with Gasteiger partial charge < -0.3 is 14.8 Å². The number of amides is 1. The molecule has 0 aliphatic carbocycles. The second-order valence-corrected chi connectivity index (χ2v) is 4.62. The minimum absolute atomic E-state index is 0.189. The number of benzene rings is 1. The second-order valence-electron chi connectivity index (χ2n) is 3.86. The zero-order chi connectivity index (χ0) is 13.2. The number of hydrogen-bond donors (Lipinski definition) is 1. The number of carbonyl (C=O) groups excluding carboxylic acids is 1. The Bertz CT molecular complexity index is 646. The summed E-state index contributed by atoms with van der Waals surface area (Å²) >= 11 is 3.28. The number of pyridine rings is 1. The van der Waals surface area contributed by atoms with Crippen LogP contribution in [0.5, 0.6) is 11.5 Å². The molecule has 1 aliphatic heterocycles. The van der Waals surface area contributed by atoms with Crippen molar-refractivity contribution in [2.45, 2.75) is 0 Å². The maximum atomic E-state index is 12.1. The maximum Gasteiger partial charge on any atom is 0.255 e. The van der Waals surface area contributed by atoms with Crippen LogP contribution in [0.1, 0.15) is 10.4 Å². The van der Waals surface area contributed by atoms with Crippen molar-refractivity contribution in [2.75, 3.05) is 12.1 Å². The van der Waals surface area contributed by atoms with Gasteiger partial charge in [0.2, 0.25) is 6.79 Å². The summed E-state index contributed by atoms with van der Waals surface area (Å²) < 4.78 is 11.0. The number of halogens is 1. The first kappa shape index (κ1) is 12.0. The van der Waals surface area contributed by atoms with Crippen LogP contribution in [-0.4, -0.2) is 17.7 Å². The molecule has 1 aromatic heterocycles. The molecule has 0 unspecified atom stereocenters. The molecule has 1 N–H and O–H groups in total. The van der Waals surface area contributed by atoms with Crippen molar-refractivity contribution in [3.63, 3.8) is 0 Å². The van der Waals surface area contributed by atoms with Crippen LogP contribution < -0.4 is 14.8 Å². The van der Waals surface area contributed by atoms with Gasteiger partial charge in [-0.1, -0.05) is 0 Å². The zero-order valence-corrected chi connectivity index (χ0v) is 11.3. The molecule has 0 bridgehead atoms. The molecule has 1 aliphatic rings. The number of aromatic nitrogens is 1. The van der Waals surface area contributed by atoms with Gasteiger partial charge in [-0.05, 0) is 46.3 Å². The molecule has 0 radical (unpaired) electrons. The molecule has 19 heavy (non-hydrogen) atoms. The van der Waals surface area contributed by atoms with E-state index in [0.29, 0.717) is 27.4 Å². The summed E-state index contributed by atoms with van der Waals surface area (Å²) in [5.41, 5.74) is 1.12. The highest BCUT2D eigenvalue weighted by molar-refractivity contribution is 9.10. The highest BCUT2D eigenvalue weighted by Gasteiger charge is 2.16. The highest BCUT2D eigenvalue weighted by Crippen LogP contribution is 2.32. The molecular weight excluding hydrogens is 312 g/mol. The molecule has 2 aromatic rings. The Morgan fingerprint density at radius 1 is 1.26 bits per heavy atom. The molecule has 0 fully saturated rings. The molecule has 0 saturated carbocycles. The zero-order valence-electron chi connectivity index (χ0n) is 9.72. The van der Waals surface area contributed by atoms with E-state index in [1.807, 2.05) is 0 Å². The van der Waals surface area contributed by atoms with Gasteiger partial charge in [0.25, 0.3) is 5.91 Å². The molecule has 3 rings (SSSR count). The van der Waals surface area contributed by atoms with E-state index in [9.17, 15) is 4.79 Å². The van der Waals surface area contributed by atoms with Crippen LogP contribution in [0.2, 0.25) is 0 Å². The number of fused-ring (bicyclic) bond motifs is 1. The van der Waals surface area contributed by atoms with E-state index >= 15 is 0 Å². The molecule has 0 saturated heterocycles. The Morgan fingerprint density at radius 2 is 2.11 bits per heavy atom. The number of anilines is 1. The first-order chi connectivity index (χ1) is 9.24. The van der Waals surface area contributed by atoms with Crippen LogP contribution in [0.4, 0.5) is 5.69 Å². The fourth-order valence-electron chi connectivity index (χ4n) is 1.71. The van der Waals surface area contributed by atoms with E-state index in [1.54, 1.807) is 36.5 Å². The average molecular weight is 321 g/mol. The Kier molecular flexibility index (Phi) is 3.08. The van der Waals surface area contributed by atoms with E-state index in [1.165, 1.54) is 0 Å². The number of hydrogen-bond acceptors (Lipinski definition) is 4. The van der Waals surface area contributed by atoms with Gasteiger partial charge in [0, 0.05) is 11.8 Å². The van der Waals surface area contributed by atoms with Crippen molar-refractivity contribution in [2.24, 2.45) is 0 Å². The fourth-order valence-corrected chi connectivity index (χ4v) is 2.06. The molecular formula is C13H9BrN2O3. The molecule has 1 aromatic carbocycles. The van der Waals surface area contributed by atoms with Gasteiger partial charge in [-0.25, -0.2) is 4.98 Å². The first-order valence-electron chi connectivity index (χ1n) is 5.55. The van der Waals surface area contributed by atoms with E-state index in [-0.39, 0.29) is 12.7 Å². The van der Waals surface area contributed by atoms with Crippen LogP contribution >= 0.6 is 15.9 Å². The van der Waals surface area contributed by atoms with Gasteiger partial charge >= 0.3 is 0 Å². The third-order valence-electron chi connectivity index (χ3n) is 2.64. The number of ether oxygens (including phenoxy) is 2. The van der Waals surface area contributed by atoms with E-state index in [2.05, 4.69) is 26.2 Å². The molecule has 0 atom stereocenters. The van der Waals surface area contributed by atoms with Crippen molar-refractivity contribution in [3.8, 4) is 11.5 Å². The summed E-state index contributed by atoms with van der Waals surface area (Å²) in [7, 11) is 0. The molecule has 0 spiro atoms. The topological polar surface area (TPSA) is 60.5 Å². The lowest BCUT2D eigenvalue weighted by Gasteiger charge is -2.07. The minimum atomic E-state index is -0.230. The maximum absolute atomic E-state index is 12.1. The van der Waals surface area contributed by atoms with Gasteiger partial charge in [-0.3, -0.25) is 4.79 Å². The number of rotatable bonds is 2. The highest BCUT2D eigenvalue weighted by atomic mass is 79.9. The standard InChI is InChI=1S/C13H9BrN2O3/c14-12-9(2-1-5-15-12)16-13(17)8-3-4-10-11(6-8)19-7-18-10/h1-6H,7H2,(H,16,17). The third-order valence-corrected chi connectivity index (χ3v) is 3.27. The monoisotopic (exact) mass is 320 g/mol. The van der Waals surface area contributed by atoms with Crippen LogP contribution in [-0.2, 0) is 0 Å². The first-order valence-corrected chi connectivity index (χ1v) is 6.35. The average Bonchev–Trinajstić information content (AvgIpc) is 2.88. The Balaban J connectivity index is 1.83. The summed E-state index contributed by atoms with van der Waals surface area (Å²) in [4.78, 5) is 16.2. The summed E-state index contributed by atoms with van der Waals surface area (Å²) in [5.74, 6) is 1.00. The van der Waals surface area contributed by atoms with Gasteiger partial charge in [0.05, 0.1) is 5.69 Å². The predicted octanol–water partition coefficient (Wildman–Crippen LogP) is 2.83. The SMILES string of the molecule is O=C(Nc1cccnc1Br)c1ccc2c(c1)OCO2. The Labute approximate surface area is 117 Å². The predicted molar refractivity (Wildman–Crippen MR) is 72.5 cm³/mol. The lowest BCUT2D eigenvalue weighted by molar-refractivity contribution is 0.102. The summed E-state index contributed by atoms with van der Waals surface area (Å²) in [6, 6.07) is 8.58. The van der Waals surface area contributed by atoms with Crippen molar-refractivity contribution in [1.82, 2.24) is 4.98 Å². The summed E-state index contributed by atoms with van der Waals surface area (Å²) in [5, 5.41) is 2.77. The van der Waals surface area contributed by atoms with Crippen LogP contribution in [0.3, 0.4) is 0 Å². The van der Waals surface area contributed by atoms with Crippen molar-refractivity contribution in [1.29, 1.82) is 0 Å². The molecule has 2 heterocycles. The lowest BCUT2D eigenvalue weighted by Crippen LogP contribution is -2.12. The molecule has 6 heteroatoms. The quantitative estimate of drug-likeness (QED) is 0.864. The van der Waals surface area contributed by atoms with E-state index in [4.69, 9.17) is 9.47 Å². The number of nitrogens with one attached hydrogen (secondary N) is 1. The van der Waals surface area contributed by atoms with Gasteiger partial charge in [0.15, 0.2) is 11.5 Å². The van der Waals surface area contributed by atoms with Gasteiger partial charge in [-0.15, -0.1) is 0 Å². The minimum Gasteiger partial charge on any atom is -0.454 e. The van der Waals surface area contributed by atoms with Gasteiger partial charge in [0.1, 0.15) is 4.60 Å². The fraction of sp³-hybridized carbons (Fsp3) is 0.0769. The lowest BCUT2D eigenvalue weighted by atomic mass is 10.2. The smallest absolute Gasteiger partial charge is 0.255 e. The summed E-state index contributed by atoms with van der Waals surface area (Å²) in [6.45, 7) is 0.189. The normalized spacial score (nSPS) is 12.3. The van der Waals surface area contributed by atoms with Crippen LogP contribution in [0.15, 0.2) is 41.1 Å². The number of nitrogens with zero attached hydrogens (tertiary/aromatic N) is 1. The van der Waals surface area contributed by atoms with E-state index in [0.717, 1.165) is 0 Å². The van der Waals surface area contributed by atoms with Crippen molar-refractivity contribution in [3.05, 3.63) is 46.7 Å². The summed E-state index contributed by atoms with van der Waals surface area (Å²) in [6.07, 6.45) is 1.64. The van der Waals surface area contributed by atoms with Crippen LogP contribution in [0.25, 0.3) is 0 Å². The van der Waals surface area contributed by atoms with E-state index < -0.39 is 0 Å². The molecule has 96 valence electrons. The molecule has 5 nitrogen and oxygen atoms in total.